The Kier molecular flexibility index (Phi) is 6.38. The molecule has 8 nitrogen and oxygen atoms in total. The monoisotopic (exact) mass is 443 g/mol. The smallest absolute Gasteiger partial charge is 0.278 e. The van der Waals surface area contributed by atoms with Crippen molar-refractivity contribution in [2.45, 2.75) is 19.8 Å². The Morgan fingerprint density at radius 3 is 2.35 bits per heavy atom. The van der Waals surface area contributed by atoms with Gasteiger partial charge in [-0.15, -0.1) is 0 Å². The Hall–Kier alpha value is -2.71. The number of rotatable bonds is 4. The van der Waals surface area contributed by atoms with Gasteiger partial charge in [0.1, 0.15) is 0 Å². The number of hydrogen-bond acceptors (Lipinski definition) is 5. The van der Waals surface area contributed by atoms with Crippen molar-refractivity contribution in [3.05, 3.63) is 57.0 Å². The van der Waals surface area contributed by atoms with E-state index in [1.807, 2.05) is 17.0 Å². The lowest BCUT2D eigenvalue weighted by Gasteiger charge is -2.34. The topological polar surface area (TPSA) is 78.8 Å². The number of aryl methyl sites for hydroxylation is 1. The predicted molar refractivity (Wildman–Crippen MR) is 118 cm³/mol. The minimum absolute atomic E-state index is 0.118. The fraction of sp³-hybridized carbons (Fsp3) is 0.455. The number of amides is 2. The molecule has 2 aliphatic heterocycles. The van der Waals surface area contributed by atoms with Gasteiger partial charge in [0.2, 0.25) is 11.3 Å². The van der Waals surface area contributed by atoms with Gasteiger partial charge >= 0.3 is 0 Å². The van der Waals surface area contributed by atoms with Crippen LogP contribution in [-0.4, -0.2) is 82.1 Å². The Labute approximate surface area is 186 Å². The van der Waals surface area contributed by atoms with Gasteiger partial charge in [-0.25, -0.2) is 4.68 Å². The zero-order valence-electron chi connectivity index (χ0n) is 17.6. The summed E-state index contributed by atoms with van der Waals surface area (Å²) in [5.74, 6) is -0.239. The summed E-state index contributed by atoms with van der Waals surface area (Å²) in [7, 11) is 0. The van der Waals surface area contributed by atoms with Gasteiger partial charge in [-0.2, -0.15) is 5.10 Å². The molecular weight excluding hydrogens is 418 g/mol. The van der Waals surface area contributed by atoms with Gasteiger partial charge in [0.25, 0.3) is 5.91 Å². The molecule has 0 N–H and O–H groups in total. The summed E-state index contributed by atoms with van der Waals surface area (Å²) in [5.41, 5.74) is 0.686. The molecule has 0 bridgehead atoms. The van der Waals surface area contributed by atoms with Crippen molar-refractivity contribution in [1.29, 1.82) is 0 Å². The van der Waals surface area contributed by atoms with Crippen molar-refractivity contribution in [3.8, 4) is 5.69 Å². The average molecular weight is 444 g/mol. The molecule has 4 rings (SSSR count). The van der Waals surface area contributed by atoms with E-state index >= 15 is 0 Å². The standard InChI is InChI=1S/C22H26ClN5O3/c1-16-14-19(29)21(24-28(16)18-7-3-2-6-17(18)23)22(31)27-12-10-25(11-13-27)15-20(30)26-8-4-5-9-26/h2-3,6-7,14H,4-5,8-13,15H2,1H3. The second kappa shape index (κ2) is 9.20. The highest BCUT2D eigenvalue weighted by atomic mass is 35.5. The van der Waals surface area contributed by atoms with E-state index in [0.29, 0.717) is 49.1 Å². The molecule has 2 aromatic rings. The first-order chi connectivity index (χ1) is 14.9. The van der Waals surface area contributed by atoms with Crippen LogP contribution < -0.4 is 5.43 Å². The first-order valence-electron chi connectivity index (χ1n) is 10.6. The molecule has 0 spiro atoms. The molecule has 0 radical (unpaired) electrons. The van der Waals surface area contributed by atoms with E-state index in [4.69, 9.17) is 11.6 Å². The van der Waals surface area contributed by atoms with Crippen LogP contribution in [0.3, 0.4) is 0 Å². The maximum atomic E-state index is 13.1. The van der Waals surface area contributed by atoms with E-state index in [9.17, 15) is 14.4 Å². The summed E-state index contributed by atoms with van der Waals surface area (Å²) >= 11 is 6.28. The molecule has 2 aliphatic rings. The number of benzene rings is 1. The van der Waals surface area contributed by atoms with E-state index in [1.165, 1.54) is 10.7 Å². The minimum Gasteiger partial charge on any atom is -0.342 e. The number of para-hydroxylation sites is 1. The molecular formula is C22H26ClN5O3. The Bertz CT molecular complexity index is 1040. The molecule has 0 atom stereocenters. The van der Waals surface area contributed by atoms with Crippen LogP contribution in [0.5, 0.6) is 0 Å². The predicted octanol–water partition coefficient (Wildman–Crippen LogP) is 1.57. The highest BCUT2D eigenvalue weighted by Gasteiger charge is 2.28. The molecule has 0 saturated carbocycles. The van der Waals surface area contributed by atoms with Crippen LogP contribution in [0.1, 0.15) is 29.0 Å². The van der Waals surface area contributed by atoms with Gasteiger partial charge in [0.15, 0.2) is 5.69 Å². The van der Waals surface area contributed by atoms with Gasteiger partial charge in [0, 0.05) is 51.0 Å². The Morgan fingerprint density at radius 2 is 1.68 bits per heavy atom. The summed E-state index contributed by atoms with van der Waals surface area (Å²) < 4.78 is 1.53. The molecule has 3 heterocycles. The third-order valence-corrected chi connectivity index (χ3v) is 6.19. The van der Waals surface area contributed by atoms with Crippen molar-refractivity contribution in [2.75, 3.05) is 45.8 Å². The van der Waals surface area contributed by atoms with E-state index in [-0.39, 0.29) is 11.6 Å². The fourth-order valence-corrected chi connectivity index (χ4v) is 4.30. The van der Waals surface area contributed by atoms with Crippen LogP contribution >= 0.6 is 11.6 Å². The normalized spacial score (nSPS) is 17.2. The number of carbonyl (C=O) groups is 2. The highest BCUT2D eigenvalue weighted by molar-refractivity contribution is 6.32. The molecule has 2 saturated heterocycles. The number of nitrogens with zero attached hydrogens (tertiary/aromatic N) is 5. The summed E-state index contributed by atoms with van der Waals surface area (Å²) in [6, 6.07) is 8.57. The lowest BCUT2D eigenvalue weighted by molar-refractivity contribution is -0.131. The van der Waals surface area contributed by atoms with E-state index in [1.54, 1.807) is 24.0 Å². The number of aromatic nitrogens is 2. The van der Waals surface area contributed by atoms with Crippen LogP contribution in [0.25, 0.3) is 5.69 Å². The Morgan fingerprint density at radius 1 is 1.00 bits per heavy atom. The van der Waals surface area contributed by atoms with Gasteiger partial charge in [-0.05, 0) is 31.9 Å². The first-order valence-corrected chi connectivity index (χ1v) is 11.0. The van der Waals surface area contributed by atoms with E-state index in [0.717, 1.165) is 25.9 Å². The highest BCUT2D eigenvalue weighted by Crippen LogP contribution is 2.20. The molecule has 9 heteroatoms. The zero-order chi connectivity index (χ0) is 22.0. The van der Waals surface area contributed by atoms with Crippen molar-refractivity contribution in [1.82, 2.24) is 24.5 Å². The van der Waals surface area contributed by atoms with Crippen LogP contribution in [0, 0.1) is 6.92 Å². The van der Waals surface area contributed by atoms with E-state index < -0.39 is 11.3 Å². The zero-order valence-corrected chi connectivity index (χ0v) is 18.3. The van der Waals surface area contributed by atoms with Gasteiger partial charge < -0.3 is 9.80 Å². The van der Waals surface area contributed by atoms with Crippen LogP contribution in [0.2, 0.25) is 5.02 Å². The fourth-order valence-electron chi connectivity index (χ4n) is 4.08. The molecule has 1 aromatic heterocycles. The van der Waals surface area contributed by atoms with Gasteiger partial charge in [0.05, 0.1) is 17.3 Å². The summed E-state index contributed by atoms with van der Waals surface area (Å²) in [6.45, 7) is 5.90. The van der Waals surface area contributed by atoms with Crippen LogP contribution in [0.15, 0.2) is 35.1 Å². The molecule has 1 aromatic carbocycles. The molecule has 2 fully saturated rings. The van der Waals surface area contributed by atoms with Crippen LogP contribution in [-0.2, 0) is 4.79 Å². The number of carbonyl (C=O) groups excluding carboxylic acids is 2. The molecule has 164 valence electrons. The maximum Gasteiger partial charge on any atom is 0.278 e. The lowest BCUT2D eigenvalue weighted by atomic mass is 10.2. The van der Waals surface area contributed by atoms with Crippen molar-refractivity contribution < 1.29 is 9.59 Å². The molecule has 2 amide bonds. The minimum atomic E-state index is -0.405. The third-order valence-electron chi connectivity index (χ3n) is 5.87. The van der Waals surface area contributed by atoms with Crippen molar-refractivity contribution in [2.24, 2.45) is 0 Å². The lowest BCUT2D eigenvalue weighted by Crippen LogP contribution is -2.52. The molecule has 31 heavy (non-hydrogen) atoms. The number of halogens is 1. The number of likely N-dealkylation sites (tertiary alicyclic amines) is 1. The SMILES string of the molecule is Cc1cc(=O)c(C(=O)N2CCN(CC(=O)N3CCCC3)CC2)nn1-c1ccccc1Cl. The summed E-state index contributed by atoms with van der Waals surface area (Å²) in [6.07, 6.45) is 2.15. The number of hydrogen-bond donors (Lipinski definition) is 0. The largest absolute Gasteiger partial charge is 0.342 e. The molecule has 0 aliphatic carbocycles. The van der Waals surface area contributed by atoms with Crippen molar-refractivity contribution in [3.63, 3.8) is 0 Å². The van der Waals surface area contributed by atoms with Crippen molar-refractivity contribution >= 4 is 23.4 Å². The first kappa shape index (κ1) is 21.5. The maximum absolute atomic E-state index is 13.1. The second-order valence-electron chi connectivity index (χ2n) is 8.02. The Balaban J connectivity index is 1.45. The second-order valence-corrected chi connectivity index (χ2v) is 8.43. The molecule has 0 unspecified atom stereocenters. The van der Waals surface area contributed by atoms with E-state index in [2.05, 4.69) is 10.00 Å². The van der Waals surface area contributed by atoms with Crippen LogP contribution in [0.4, 0.5) is 0 Å². The summed E-state index contributed by atoms with van der Waals surface area (Å²) in [5, 5.41) is 4.83. The number of piperazine rings is 1. The quantitative estimate of drug-likeness (QED) is 0.716. The average Bonchev–Trinajstić information content (AvgIpc) is 3.30. The van der Waals surface area contributed by atoms with Gasteiger partial charge in [-0.3, -0.25) is 19.3 Å². The third kappa shape index (κ3) is 4.65. The van der Waals surface area contributed by atoms with Gasteiger partial charge in [-0.1, -0.05) is 23.7 Å². The summed E-state index contributed by atoms with van der Waals surface area (Å²) in [4.78, 5) is 43.6.